The van der Waals surface area contributed by atoms with E-state index in [1.807, 2.05) is 10.3 Å². The van der Waals surface area contributed by atoms with Gasteiger partial charge in [0.1, 0.15) is 0 Å². The third-order valence-corrected chi connectivity index (χ3v) is 6.88. The van der Waals surface area contributed by atoms with Crippen molar-refractivity contribution < 1.29 is 13.2 Å². The van der Waals surface area contributed by atoms with E-state index in [2.05, 4.69) is 26.8 Å². The smallest absolute Gasteiger partial charge is 0.223 e. The highest BCUT2D eigenvalue weighted by atomic mass is 32.2. The van der Waals surface area contributed by atoms with Crippen molar-refractivity contribution in [2.45, 2.75) is 40.2 Å². The number of amides is 1. The van der Waals surface area contributed by atoms with E-state index in [1.54, 1.807) is 11.3 Å². The number of carbonyl (C=O) groups is 1. The molecule has 0 unspecified atom stereocenters. The minimum absolute atomic E-state index is 0.00315. The zero-order chi connectivity index (χ0) is 16.3. The maximum Gasteiger partial charge on any atom is 0.223 e. The van der Waals surface area contributed by atoms with Crippen molar-refractivity contribution in [2.24, 2.45) is 11.8 Å². The summed E-state index contributed by atoms with van der Waals surface area (Å²) in [7, 11) is -2.92. The molecular formula is C16H25NO3S2. The van der Waals surface area contributed by atoms with Crippen LogP contribution in [0.25, 0.3) is 0 Å². The van der Waals surface area contributed by atoms with Crippen molar-refractivity contribution in [3.8, 4) is 0 Å². The normalized spacial score (nSPS) is 20.5. The lowest BCUT2D eigenvalue weighted by Gasteiger charge is -2.25. The van der Waals surface area contributed by atoms with Gasteiger partial charge in [0.15, 0.2) is 9.84 Å². The predicted molar refractivity (Wildman–Crippen MR) is 90.7 cm³/mol. The predicted octanol–water partition coefficient (Wildman–Crippen LogP) is 2.87. The molecule has 1 aromatic rings. The topological polar surface area (TPSA) is 54.5 Å². The first-order chi connectivity index (χ1) is 10.3. The van der Waals surface area contributed by atoms with E-state index in [1.165, 1.54) is 10.4 Å². The van der Waals surface area contributed by atoms with Crippen LogP contribution in [0.5, 0.6) is 0 Å². The number of carbonyl (C=O) groups excluding carboxylic acids is 1. The summed E-state index contributed by atoms with van der Waals surface area (Å²) >= 11 is 1.68. The maximum atomic E-state index is 12.6. The van der Waals surface area contributed by atoms with Gasteiger partial charge in [0.25, 0.3) is 0 Å². The molecule has 2 rings (SSSR count). The molecule has 2 heterocycles. The molecule has 124 valence electrons. The quantitative estimate of drug-likeness (QED) is 0.798. The molecule has 1 fully saturated rings. The SMILES string of the molecule is Cc1ccsc1CN(CC(C)C)C(=O)C[C@@H]1CCS(=O)(=O)C1. The molecule has 0 N–H and O–H groups in total. The number of aryl methyl sites for hydroxylation is 1. The molecule has 1 atom stereocenters. The van der Waals surface area contributed by atoms with Crippen molar-refractivity contribution in [1.29, 1.82) is 0 Å². The van der Waals surface area contributed by atoms with Crippen LogP contribution >= 0.6 is 11.3 Å². The number of hydrogen-bond acceptors (Lipinski definition) is 4. The summed E-state index contributed by atoms with van der Waals surface area (Å²) in [5.74, 6) is 0.891. The summed E-state index contributed by atoms with van der Waals surface area (Å²) in [6, 6.07) is 2.07. The van der Waals surface area contributed by atoms with Crippen LogP contribution in [0.1, 0.15) is 37.1 Å². The molecule has 0 aliphatic carbocycles. The molecule has 0 saturated carbocycles. The second kappa shape index (κ2) is 7.13. The fourth-order valence-corrected chi connectivity index (χ4v) is 5.63. The molecular weight excluding hydrogens is 318 g/mol. The van der Waals surface area contributed by atoms with E-state index in [0.29, 0.717) is 25.3 Å². The van der Waals surface area contributed by atoms with E-state index in [4.69, 9.17) is 0 Å². The Morgan fingerprint density at radius 2 is 2.18 bits per heavy atom. The van der Waals surface area contributed by atoms with Gasteiger partial charge < -0.3 is 4.90 Å². The van der Waals surface area contributed by atoms with Gasteiger partial charge in [-0.1, -0.05) is 13.8 Å². The fourth-order valence-electron chi connectivity index (χ4n) is 2.84. The van der Waals surface area contributed by atoms with Gasteiger partial charge in [-0.15, -0.1) is 11.3 Å². The van der Waals surface area contributed by atoms with E-state index < -0.39 is 9.84 Å². The lowest BCUT2D eigenvalue weighted by atomic mass is 10.0. The highest BCUT2D eigenvalue weighted by Gasteiger charge is 2.31. The van der Waals surface area contributed by atoms with E-state index in [0.717, 1.165) is 6.54 Å². The molecule has 0 radical (unpaired) electrons. The first-order valence-corrected chi connectivity index (χ1v) is 10.5. The highest BCUT2D eigenvalue weighted by Crippen LogP contribution is 2.24. The van der Waals surface area contributed by atoms with E-state index in [-0.39, 0.29) is 23.3 Å². The Bertz CT molecular complexity index is 619. The molecule has 0 aromatic carbocycles. The lowest BCUT2D eigenvalue weighted by Crippen LogP contribution is -2.35. The Morgan fingerprint density at radius 1 is 1.45 bits per heavy atom. The largest absolute Gasteiger partial charge is 0.337 e. The van der Waals surface area contributed by atoms with E-state index in [9.17, 15) is 13.2 Å². The Morgan fingerprint density at radius 3 is 2.68 bits per heavy atom. The van der Waals surface area contributed by atoms with Crippen LogP contribution < -0.4 is 0 Å². The number of sulfone groups is 1. The molecule has 6 heteroatoms. The fraction of sp³-hybridized carbons (Fsp3) is 0.688. The number of rotatable bonds is 6. The first kappa shape index (κ1) is 17.5. The summed E-state index contributed by atoms with van der Waals surface area (Å²) < 4.78 is 23.1. The van der Waals surface area contributed by atoms with Crippen LogP contribution in [0.4, 0.5) is 0 Å². The van der Waals surface area contributed by atoms with Crippen molar-refractivity contribution >= 4 is 27.1 Å². The monoisotopic (exact) mass is 343 g/mol. The number of nitrogens with zero attached hydrogens (tertiary/aromatic N) is 1. The maximum absolute atomic E-state index is 12.6. The van der Waals surface area contributed by atoms with Gasteiger partial charge in [-0.25, -0.2) is 8.42 Å². The van der Waals surface area contributed by atoms with Crippen molar-refractivity contribution in [3.63, 3.8) is 0 Å². The Hall–Kier alpha value is -0.880. The Kier molecular flexibility index (Phi) is 5.66. The summed E-state index contributed by atoms with van der Waals surface area (Å²) in [5, 5.41) is 2.05. The lowest BCUT2D eigenvalue weighted by molar-refractivity contribution is -0.133. The average Bonchev–Trinajstić information content (AvgIpc) is 2.94. The van der Waals surface area contributed by atoms with Crippen LogP contribution in [0.3, 0.4) is 0 Å². The average molecular weight is 344 g/mol. The minimum atomic E-state index is -2.92. The Balaban J connectivity index is 2.01. The Labute approximate surface area is 137 Å². The molecule has 1 aromatic heterocycles. The third kappa shape index (κ3) is 4.81. The van der Waals surface area contributed by atoms with E-state index >= 15 is 0 Å². The molecule has 1 saturated heterocycles. The van der Waals surface area contributed by atoms with Crippen molar-refractivity contribution in [2.75, 3.05) is 18.1 Å². The standard InChI is InChI=1S/C16H25NO3S2/c1-12(2)9-17(10-15-13(3)4-6-21-15)16(18)8-14-5-7-22(19,20)11-14/h4,6,12,14H,5,7-11H2,1-3H3/t14-/m0/s1. The summed E-state index contributed by atoms with van der Waals surface area (Å²) in [5.41, 5.74) is 1.22. The van der Waals surface area contributed by atoms with Crippen LogP contribution in [-0.2, 0) is 21.2 Å². The zero-order valence-electron chi connectivity index (χ0n) is 13.5. The summed E-state index contributed by atoms with van der Waals surface area (Å²) in [6.45, 7) is 7.62. The molecule has 1 amide bonds. The zero-order valence-corrected chi connectivity index (χ0v) is 15.2. The molecule has 4 nitrogen and oxygen atoms in total. The second-order valence-corrected chi connectivity index (χ2v) is 9.90. The number of hydrogen-bond donors (Lipinski definition) is 0. The van der Waals surface area contributed by atoms with Crippen LogP contribution in [0, 0.1) is 18.8 Å². The van der Waals surface area contributed by atoms with Crippen LogP contribution in [0.2, 0.25) is 0 Å². The van der Waals surface area contributed by atoms with Crippen molar-refractivity contribution in [1.82, 2.24) is 4.90 Å². The third-order valence-electron chi connectivity index (χ3n) is 4.03. The van der Waals surface area contributed by atoms with Gasteiger partial charge in [0, 0.05) is 17.8 Å². The van der Waals surface area contributed by atoms with Gasteiger partial charge in [-0.2, -0.15) is 0 Å². The molecule has 22 heavy (non-hydrogen) atoms. The van der Waals surface area contributed by atoms with Gasteiger partial charge in [0.05, 0.1) is 18.1 Å². The highest BCUT2D eigenvalue weighted by molar-refractivity contribution is 7.91. The summed E-state index contributed by atoms with van der Waals surface area (Å²) in [6.07, 6.45) is 0.984. The molecule has 1 aliphatic heterocycles. The molecule has 0 bridgehead atoms. The van der Waals surface area contributed by atoms with Gasteiger partial charge in [0.2, 0.25) is 5.91 Å². The van der Waals surface area contributed by atoms with Crippen molar-refractivity contribution in [3.05, 3.63) is 21.9 Å². The van der Waals surface area contributed by atoms with Gasteiger partial charge in [-0.3, -0.25) is 4.79 Å². The van der Waals surface area contributed by atoms with Crippen LogP contribution in [0.15, 0.2) is 11.4 Å². The molecule has 0 spiro atoms. The van der Waals surface area contributed by atoms with Gasteiger partial charge in [-0.05, 0) is 42.2 Å². The molecule has 1 aliphatic rings. The second-order valence-electron chi connectivity index (χ2n) is 6.67. The summed E-state index contributed by atoms with van der Waals surface area (Å²) in [4.78, 5) is 15.7. The number of thiophene rings is 1. The minimum Gasteiger partial charge on any atom is -0.337 e. The first-order valence-electron chi connectivity index (χ1n) is 7.78. The van der Waals surface area contributed by atoms with Gasteiger partial charge >= 0.3 is 0 Å². The van der Waals surface area contributed by atoms with Crippen LogP contribution in [-0.4, -0.2) is 37.3 Å².